The number of carbonyl (C=O) groups excluding carboxylic acids is 1. The molecule has 1 fully saturated rings. The number of aliphatic carboxylic acids is 1. The fraction of sp³-hybridized carbons (Fsp3) is 0.818. The van der Waals surface area contributed by atoms with Gasteiger partial charge < -0.3 is 14.7 Å². The summed E-state index contributed by atoms with van der Waals surface area (Å²) in [5.41, 5.74) is -1.04. The zero-order valence-corrected chi connectivity index (χ0v) is 10.7. The molecule has 1 saturated heterocycles. The number of alkyl halides is 3. The summed E-state index contributed by atoms with van der Waals surface area (Å²) in [6.45, 7) is 1.43. The van der Waals surface area contributed by atoms with Crippen molar-refractivity contribution in [3.63, 3.8) is 0 Å². The van der Waals surface area contributed by atoms with Gasteiger partial charge in [0.15, 0.2) is 0 Å². The second-order valence-electron chi connectivity index (χ2n) is 4.94. The summed E-state index contributed by atoms with van der Waals surface area (Å²) >= 11 is 0. The Bertz CT molecular complexity index is 371. The van der Waals surface area contributed by atoms with Crippen LogP contribution in [0.4, 0.5) is 13.2 Å². The average molecular weight is 283 g/mol. The van der Waals surface area contributed by atoms with E-state index in [2.05, 4.69) is 4.74 Å². The van der Waals surface area contributed by atoms with Gasteiger partial charge in [-0.3, -0.25) is 9.59 Å². The lowest BCUT2D eigenvalue weighted by atomic mass is 9.90. The van der Waals surface area contributed by atoms with E-state index in [1.54, 1.807) is 0 Å². The number of likely N-dealkylation sites (tertiary alicyclic amines) is 1. The molecule has 1 aliphatic rings. The number of carboxylic acids is 1. The van der Waals surface area contributed by atoms with Crippen molar-refractivity contribution in [3.8, 4) is 0 Å². The lowest BCUT2D eigenvalue weighted by molar-refractivity contribution is -0.188. The van der Waals surface area contributed by atoms with E-state index < -0.39 is 36.2 Å². The fourth-order valence-corrected chi connectivity index (χ4v) is 1.87. The highest BCUT2D eigenvalue weighted by Crippen LogP contribution is 2.30. The van der Waals surface area contributed by atoms with Crippen molar-refractivity contribution >= 4 is 11.9 Å². The Balaban J connectivity index is 2.53. The minimum absolute atomic E-state index is 0.0130. The third-order valence-electron chi connectivity index (χ3n) is 3.15. The quantitative estimate of drug-likeness (QED) is 0.844. The average Bonchev–Trinajstić information content (AvgIpc) is 2.68. The second-order valence-corrected chi connectivity index (χ2v) is 4.94. The number of carboxylic acid groups (broad SMARTS) is 1. The largest absolute Gasteiger partial charge is 0.481 e. The molecule has 1 heterocycles. The topological polar surface area (TPSA) is 66.8 Å². The van der Waals surface area contributed by atoms with Crippen molar-refractivity contribution < 1.29 is 32.6 Å². The van der Waals surface area contributed by atoms with Gasteiger partial charge in [-0.2, -0.15) is 13.2 Å². The van der Waals surface area contributed by atoms with Crippen LogP contribution in [0, 0.1) is 5.41 Å². The van der Waals surface area contributed by atoms with Gasteiger partial charge in [0.1, 0.15) is 12.7 Å². The van der Waals surface area contributed by atoms with Crippen molar-refractivity contribution in [1.82, 2.24) is 4.90 Å². The molecule has 1 amide bonds. The van der Waals surface area contributed by atoms with Gasteiger partial charge in [-0.05, 0) is 20.3 Å². The van der Waals surface area contributed by atoms with E-state index in [4.69, 9.17) is 5.11 Å². The number of carbonyl (C=O) groups is 2. The fourth-order valence-electron chi connectivity index (χ4n) is 1.87. The van der Waals surface area contributed by atoms with E-state index in [1.807, 2.05) is 0 Å². The summed E-state index contributed by atoms with van der Waals surface area (Å²) in [5.74, 6) is -1.64. The van der Waals surface area contributed by atoms with Crippen LogP contribution in [0.25, 0.3) is 0 Å². The number of rotatable bonds is 4. The Hall–Kier alpha value is -1.31. The summed E-state index contributed by atoms with van der Waals surface area (Å²) in [4.78, 5) is 24.0. The number of nitrogens with zero attached hydrogens (tertiary/aromatic N) is 1. The molecular formula is C11H16F3NO4. The van der Waals surface area contributed by atoms with Crippen LogP contribution in [0.3, 0.4) is 0 Å². The van der Waals surface area contributed by atoms with Crippen molar-refractivity contribution in [2.75, 3.05) is 19.7 Å². The Morgan fingerprint density at radius 1 is 1.47 bits per heavy atom. The number of hydrogen-bond donors (Lipinski definition) is 1. The van der Waals surface area contributed by atoms with Gasteiger partial charge in [0, 0.05) is 13.1 Å². The highest BCUT2D eigenvalue weighted by molar-refractivity contribution is 5.83. The molecule has 5 nitrogen and oxygen atoms in total. The molecule has 0 aromatic heterocycles. The number of ether oxygens (including phenoxy) is 1. The highest BCUT2D eigenvalue weighted by Gasteiger charge is 2.43. The molecular weight excluding hydrogens is 267 g/mol. The van der Waals surface area contributed by atoms with Gasteiger partial charge in [0.25, 0.3) is 5.91 Å². The molecule has 19 heavy (non-hydrogen) atoms. The van der Waals surface area contributed by atoms with E-state index in [9.17, 15) is 22.8 Å². The van der Waals surface area contributed by atoms with Crippen molar-refractivity contribution in [1.29, 1.82) is 0 Å². The molecule has 2 atom stereocenters. The highest BCUT2D eigenvalue weighted by atomic mass is 19.4. The van der Waals surface area contributed by atoms with Gasteiger partial charge in [-0.25, -0.2) is 0 Å². The molecule has 0 aliphatic carbocycles. The maximum absolute atomic E-state index is 12.0. The van der Waals surface area contributed by atoms with Crippen LogP contribution < -0.4 is 0 Å². The molecule has 0 bridgehead atoms. The van der Waals surface area contributed by atoms with Crippen LogP contribution in [-0.2, 0) is 14.3 Å². The number of hydrogen-bond acceptors (Lipinski definition) is 3. The van der Waals surface area contributed by atoms with E-state index >= 15 is 0 Å². The van der Waals surface area contributed by atoms with Crippen molar-refractivity contribution in [3.05, 3.63) is 0 Å². The molecule has 2 unspecified atom stereocenters. The predicted octanol–water partition coefficient (Wildman–Crippen LogP) is 1.28. The van der Waals surface area contributed by atoms with Crippen LogP contribution in [0.15, 0.2) is 0 Å². The van der Waals surface area contributed by atoms with Crippen LogP contribution in [0.1, 0.15) is 20.3 Å². The van der Waals surface area contributed by atoms with E-state index in [0.29, 0.717) is 0 Å². The van der Waals surface area contributed by atoms with Crippen LogP contribution >= 0.6 is 0 Å². The lowest BCUT2D eigenvalue weighted by Crippen LogP contribution is -2.41. The smallest absolute Gasteiger partial charge is 0.411 e. The normalized spacial score (nSPS) is 25.4. The van der Waals surface area contributed by atoms with Crippen LogP contribution in [0.5, 0.6) is 0 Å². The van der Waals surface area contributed by atoms with E-state index in [-0.39, 0.29) is 19.5 Å². The minimum Gasteiger partial charge on any atom is -0.481 e. The molecule has 0 aromatic carbocycles. The Morgan fingerprint density at radius 3 is 2.47 bits per heavy atom. The van der Waals surface area contributed by atoms with Gasteiger partial charge in [-0.15, -0.1) is 0 Å². The predicted molar refractivity (Wildman–Crippen MR) is 58.4 cm³/mol. The van der Waals surface area contributed by atoms with Crippen molar-refractivity contribution in [2.24, 2.45) is 5.41 Å². The third kappa shape index (κ3) is 4.09. The molecule has 0 radical (unpaired) electrons. The summed E-state index contributed by atoms with van der Waals surface area (Å²) in [6.07, 6.45) is -5.45. The first-order chi connectivity index (χ1) is 8.55. The van der Waals surface area contributed by atoms with Gasteiger partial charge in [0.2, 0.25) is 0 Å². The molecule has 0 aromatic rings. The third-order valence-corrected chi connectivity index (χ3v) is 3.15. The van der Waals surface area contributed by atoms with E-state index in [1.165, 1.54) is 18.7 Å². The molecule has 1 rings (SSSR count). The van der Waals surface area contributed by atoms with Crippen LogP contribution in [0.2, 0.25) is 0 Å². The number of halogens is 3. The Morgan fingerprint density at radius 2 is 2.05 bits per heavy atom. The molecule has 1 aliphatic heterocycles. The summed E-state index contributed by atoms with van der Waals surface area (Å²) < 4.78 is 40.3. The summed E-state index contributed by atoms with van der Waals surface area (Å²) in [5, 5.41) is 9.00. The maximum Gasteiger partial charge on any atom is 0.411 e. The second kappa shape index (κ2) is 5.36. The van der Waals surface area contributed by atoms with E-state index in [0.717, 1.165) is 0 Å². The Kier molecular flexibility index (Phi) is 4.44. The number of amides is 1. The summed E-state index contributed by atoms with van der Waals surface area (Å²) in [7, 11) is 0. The van der Waals surface area contributed by atoms with Gasteiger partial charge in [-0.1, -0.05) is 0 Å². The maximum atomic E-state index is 12.0. The van der Waals surface area contributed by atoms with Crippen molar-refractivity contribution in [2.45, 2.75) is 32.5 Å². The zero-order valence-electron chi connectivity index (χ0n) is 10.7. The summed E-state index contributed by atoms with van der Waals surface area (Å²) in [6, 6.07) is 0. The Labute approximate surface area is 108 Å². The van der Waals surface area contributed by atoms with Gasteiger partial charge in [0.05, 0.1) is 5.41 Å². The molecule has 0 saturated carbocycles. The van der Waals surface area contributed by atoms with Crippen LogP contribution in [-0.4, -0.2) is 53.9 Å². The molecule has 8 heteroatoms. The first kappa shape index (κ1) is 15.7. The molecule has 1 N–H and O–H groups in total. The lowest BCUT2D eigenvalue weighted by Gasteiger charge is -2.23. The zero-order chi connectivity index (χ0) is 14.8. The first-order valence-electron chi connectivity index (χ1n) is 5.76. The standard InChI is InChI=1S/C11H16F3NO4/c1-7(19-6-11(12,13)14)8(16)15-4-3-10(2,5-15)9(17)18/h7H,3-6H2,1-2H3,(H,17,18). The SMILES string of the molecule is CC(OCC(F)(F)F)C(=O)N1CCC(C)(C(=O)O)C1. The van der Waals surface area contributed by atoms with Gasteiger partial charge >= 0.3 is 12.1 Å². The minimum atomic E-state index is -4.49. The molecule has 0 spiro atoms. The molecule has 110 valence electrons. The monoisotopic (exact) mass is 283 g/mol. The first-order valence-corrected chi connectivity index (χ1v) is 5.76.